The van der Waals surface area contributed by atoms with Crippen molar-refractivity contribution < 1.29 is 9.47 Å². The molecule has 3 heterocycles. The lowest BCUT2D eigenvalue weighted by Gasteiger charge is -2.16. The second-order valence-corrected chi connectivity index (χ2v) is 7.45. The number of imidazole rings is 1. The molecule has 0 radical (unpaired) electrons. The summed E-state index contributed by atoms with van der Waals surface area (Å²) in [7, 11) is 1.87. The molecule has 0 unspecified atom stereocenters. The summed E-state index contributed by atoms with van der Waals surface area (Å²) < 4.78 is 12.9. The van der Waals surface area contributed by atoms with Crippen LogP contribution in [-0.2, 0) is 0 Å². The molecule has 2 aromatic heterocycles. The van der Waals surface area contributed by atoms with Crippen molar-refractivity contribution in [3.63, 3.8) is 0 Å². The van der Waals surface area contributed by atoms with Gasteiger partial charge in [0.15, 0.2) is 11.5 Å². The molecule has 5 aromatic rings. The van der Waals surface area contributed by atoms with E-state index in [0.29, 0.717) is 11.7 Å². The number of hydrogen-bond acceptors (Lipinski definition) is 6. The van der Waals surface area contributed by atoms with Gasteiger partial charge in [0.25, 0.3) is 0 Å². The molecule has 0 spiro atoms. The van der Waals surface area contributed by atoms with Gasteiger partial charge in [-0.1, -0.05) is 36.4 Å². The number of aromatic nitrogens is 4. The van der Waals surface area contributed by atoms with Crippen molar-refractivity contribution >= 4 is 29.0 Å². The summed E-state index contributed by atoms with van der Waals surface area (Å²) in [5.41, 5.74) is 3.65. The molecule has 0 aliphatic carbocycles. The predicted molar refractivity (Wildman–Crippen MR) is 130 cm³/mol. The third-order valence-electron chi connectivity index (χ3n) is 5.55. The molecule has 3 aromatic carbocycles. The van der Waals surface area contributed by atoms with Crippen LogP contribution in [0.1, 0.15) is 0 Å². The minimum Gasteiger partial charge on any atom is -0.454 e. The fraction of sp³-hybridized carbons (Fsp3) is 0.0800. The smallest absolute Gasteiger partial charge is 0.237 e. The first-order valence-corrected chi connectivity index (χ1v) is 10.3. The molecule has 6 rings (SSSR count). The number of halogens is 1. The first-order chi connectivity index (χ1) is 15.8. The van der Waals surface area contributed by atoms with Crippen molar-refractivity contribution in [2.45, 2.75) is 0 Å². The number of benzene rings is 3. The Morgan fingerprint density at radius 2 is 1.70 bits per heavy atom. The molecule has 0 bridgehead atoms. The van der Waals surface area contributed by atoms with Crippen molar-refractivity contribution in [3.8, 4) is 39.8 Å². The monoisotopic (exact) mass is 457 g/mol. The van der Waals surface area contributed by atoms with Crippen molar-refractivity contribution in [1.29, 1.82) is 0 Å². The lowest BCUT2D eigenvalue weighted by molar-refractivity contribution is 0.174. The lowest BCUT2D eigenvalue weighted by Crippen LogP contribution is -2.07. The molecule has 0 atom stereocenters. The van der Waals surface area contributed by atoms with Crippen LogP contribution in [0.4, 0.5) is 5.82 Å². The van der Waals surface area contributed by atoms with E-state index in [0.717, 1.165) is 39.3 Å². The SMILES string of the molecule is CNc1nc(-n2ccnc2)nc(-c2ccc3c(c2)OCO3)c1-c1ccc2ccccc2c1.Cl. The second kappa shape index (κ2) is 8.44. The van der Waals surface area contributed by atoms with Gasteiger partial charge < -0.3 is 14.8 Å². The van der Waals surface area contributed by atoms with Crippen LogP contribution in [0.15, 0.2) is 79.4 Å². The molecule has 8 heteroatoms. The number of rotatable bonds is 4. The summed E-state index contributed by atoms with van der Waals surface area (Å²) in [6.45, 7) is 0.224. The average Bonchev–Trinajstić information content (AvgIpc) is 3.54. The predicted octanol–water partition coefficient (Wildman–Crippen LogP) is 5.34. The summed E-state index contributed by atoms with van der Waals surface area (Å²) in [4.78, 5) is 13.9. The summed E-state index contributed by atoms with van der Waals surface area (Å²) in [5.74, 6) is 2.70. The van der Waals surface area contributed by atoms with Gasteiger partial charge in [-0.2, -0.15) is 4.98 Å². The van der Waals surface area contributed by atoms with Gasteiger partial charge in [0.1, 0.15) is 12.1 Å². The van der Waals surface area contributed by atoms with Crippen LogP contribution < -0.4 is 14.8 Å². The third kappa shape index (κ3) is 3.62. The van der Waals surface area contributed by atoms with E-state index in [4.69, 9.17) is 19.4 Å². The first kappa shape index (κ1) is 20.8. The maximum absolute atomic E-state index is 5.63. The highest BCUT2D eigenvalue weighted by Crippen LogP contribution is 2.41. The third-order valence-corrected chi connectivity index (χ3v) is 5.55. The van der Waals surface area contributed by atoms with E-state index >= 15 is 0 Å². The van der Waals surface area contributed by atoms with Crippen LogP contribution in [0, 0.1) is 0 Å². The van der Waals surface area contributed by atoms with Gasteiger partial charge in [0, 0.05) is 25.0 Å². The van der Waals surface area contributed by atoms with Gasteiger partial charge >= 0.3 is 0 Å². The zero-order valence-electron chi connectivity index (χ0n) is 17.7. The van der Waals surface area contributed by atoms with E-state index in [1.165, 1.54) is 5.39 Å². The number of fused-ring (bicyclic) bond motifs is 2. The van der Waals surface area contributed by atoms with E-state index in [1.54, 1.807) is 17.1 Å². The van der Waals surface area contributed by atoms with Gasteiger partial charge in [0.2, 0.25) is 12.7 Å². The van der Waals surface area contributed by atoms with E-state index in [1.807, 2.05) is 43.6 Å². The van der Waals surface area contributed by atoms with Gasteiger partial charge in [-0.25, -0.2) is 9.97 Å². The average molecular weight is 458 g/mol. The Kier molecular flexibility index (Phi) is 5.32. The van der Waals surface area contributed by atoms with Gasteiger partial charge in [-0.15, -0.1) is 12.4 Å². The van der Waals surface area contributed by atoms with Crippen LogP contribution in [0.3, 0.4) is 0 Å². The molecular formula is C25H20ClN5O2. The highest BCUT2D eigenvalue weighted by Gasteiger charge is 2.21. The molecule has 0 amide bonds. The maximum atomic E-state index is 5.63. The quantitative estimate of drug-likeness (QED) is 0.392. The molecule has 0 saturated heterocycles. The highest BCUT2D eigenvalue weighted by molar-refractivity contribution is 5.94. The van der Waals surface area contributed by atoms with Crippen LogP contribution in [0.25, 0.3) is 39.1 Å². The second-order valence-electron chi connectivity index (χ2n) is 7.45. The van der Waals surface area contributed by atoms with Crippen molar-refractivity contribution in [2.75, 3.05) is 19.2 Å². The standard InChI is InChI=1S/C25H19N5O2.ClH/c1-26-24-22(18-7-6-16-4-2-3-5-17(16)12-18)23(28-25(29-24)30-11-10-27-14-30)19-8-9-20-21(13-19)32-15-31-20;/h2-14H,15H2,1H3,(H,26,28,29);1H. The Hall–Kier alpha value is -4.10. The Balaban J connectivity index is 0.00000228. The maximum Gasteiger partial charge on any atom is 0.237 e. The number of hydrogen-bond donors (Lipinski definition) is 1. The largest absolute Gasteiger partial charge is 0.454 e. The summed E-state index contributed by atoms with van der Waals surface area (Å²) >= 11 is 0. The fourth-order valence-corrected chi connectivity index (χ4v) is 3.99. The van der Waals surface area contributed by atoms with Gasteiger partial charge in [0.05, 0.1) is 11.3 Å². The highest BCUT2D eigenvalue weighted by atomic mass is 35.5. The van der Waals surface area contributed by atoms with Crippen molar-refractivity contribution in [3.05, 3.63) is 79.4 Å². The Bertz CT molecular complexity index is 1450. The fourth-order valence-electron chi connectivity index (χ4n) is 3.99. The van der Waals surface area contributed by atoms with Gasteiger partial charge in [-0.3, -0.25) is 4.57 Å². The number of anilines is 1. The summed E-state index contributed by atoms with van der Waals surface area (Å²) in [6.07, 6.45) is 5.22. The number of nitrogens with one attached hydrogen (secondary N) is 1. The molecule has 33 heavy (non-hydrogen) atoms. The minimum atomic E-state index is 0. The number of nitrogens with zero attached hydrogens (tertiary/aromatic N) is 4. The first-order valence-electron chi connectivity index (χ1n) is 10.3. The summed E-state index contributed by atoms with van der Waals surface area (Å²) in [6, 6.07) is 20.6. The van der Waals surface area contributed by atoms with E-state index in [-0.39, 0.29) is 19.2 Å². The molecule has 1 N–H and O–H groups in total. The molecule has 0 fully saturated rings. The minimum absolute atomic E-state index is 0. The van der Waals surface area contributed by atoms with Gasteiger partial charge in [-0.05, 0) is 40.6 Å². The van der Waals surface area contributed by atoms with Crippen LogP contribution in [0.2, 0.25) is 0 Å². The molecular weight excluding hydrogens is 438 g/mol. The molecule has 0 saturated carbocycles. The topological polar surface area (TPSA) is 74.1 Å². The molecule has 164 valence electrons. The summed E-state index contributed by atoms with van der Waals surface area (Å²) in [5, 5.41) is 5.60. The van der Waals surface area contributed by atoms with Crippen LogP contribution >= 0.6 is 12.4 Å². The van der Waals surface area contributed by atoms with E-state index < -0.39 is 0 Å². The molecule has 7 nitrogen and oxygen atoms in total. The van der Waals surface area contributed by atoms with Crippen molar-refractivity contribution in [1.82, 2.24) is 19.5 Å². The van der Waals surface area contributed by atoms with Crippen LogP contribution in [-0.4, -0.2) is 33.4 Å². The Morgan fingerprint density at radius 3 is 2.52 bits per heavy atom. The van der Waals surface area contributed by atoms with Crippen LogP contribution in [0.5, 0.6) is 11.5 Å². The zero-order chi connectivity index (χ0) is 21.5. The molecule has 1 aliphatic rings. The van der Waals surface area contributed by atoms with E-state index in [2.05, 4.69) is 40.6 Å². The van der Waals surface area contributed by atoms with E-state index in [9.17, 15) is 0 Å². The Labute approximate surface area is 196 Å². The number of ether oxygens (including phenoxy) is 2. The molecule has 1 aliphatic heterocycles. The lowest BCUT2D eigenvalue weighted by atomic mass is 9.97. The Morgan fingerprint density at radius 1 is 0.879 bits per heavy atom. The normalized spacial score (nSPS) is 11.9. The van der Waals surface area contributed by atoms with Crippen molar-refractivity contribution in [2.24, 2.45) is 0 Å². The zero-order valence-corrected chi connectivity index (χ0v) is 18.5.